The molecular formula is C20H18F2N4O2. The van der Waals surface area contributed by atoms with Gasteiger partial charge < -0.3 is 4.52 Å². The predicted molar refractivity (Wildman–Crippen MR) is 98.0 cm³/mol. The summed E-state index contributed by atoms with van der Waals surface area (Å²) in [6, 6.07) is 12.6. The number of carbonyl (C=O) groups is 1. The molecule has 1 aliphatic carbocycles. The van der Waals surface area contributed by atoms with Gasteiger partial charge in [-0.25, -0.2) is 14.2 Å². The molecule has 0 aliphatic heterocycles. The molecule has 6 nitrogen and oxygen atoms in total. The van der Waals surface area contributed by atoms with Crippen molar-refractivity contribution < 1.29 is 18.1 Å². The van der Waals surface area contributed by atoms with Crippen molar-refractivity contribution in [3.05, 3.63) is 65.7 Å². The second-order valence-corrected chi connectivity index (χ2v) is 6.78. The Kier molecular flexibility index (Phi) is 4.77. The Bertz CT molecular complexity index is 985. The van der Waals surface area contributed by atoms with Crippen LogP contribution in [0.5, 0.6) is 0 Å². The summed E-state index contributed by atoms with van der Waals surface area (Å²) in [6.07, 6.45) is 2.51. The van der Waals surface area contributed by atoms with Crippen molar-refractivity contribution in [1.29, 1.82) is 0 Å². The molecule has 0 atom stereocenters. The van der Waals surface area contributed by atoms with Crippen LogP contribution in [0.15, 0.2) is 53.1 Å². The highest BCUT2D eigenvalue weighted by atomic mass is 19.1. The zero-order valence-electron chi connectivity index (χ0n) is 14.9. The Morgan fingerprint density at radius 2 is 1.82 bits per heavy atom. The number of hydrazine groups is 1. The molecule has 0 bridgehead atoms. The topological polar surface area (TPSA) is 80.0 Å². The number of amides is 1. The first kappa shape index (κ1) is 18.1. The van der Waals surface area contributed by atoms with E-state index in [9.17, 15) is 13.6 Å². The summed E-state index contributed by atoms with van der Waals surface area (Å²) in [5, 5.41) is 3.86. The van der Waals surface area contributed by atoms with Crippen LogP contribution in [0.1, 0.15) is 31.2 Å². The van der Waals surface area contributed by atoms with Gasteiger partial charge in [0.1, 0.15) is 11.6 Å². The van der Waals surface area contributed by atoms with Gasteiger partial charge in [0, 0.05) is 17.2 Å². The molecule has 1 heterocycles. The van der Waals surface area contributed by atoms with Crippen molar-refractivity contribution in [3.8, 4) is 11.4 Å². The largest absolute Gasteiger partial charge is 0.340 e. The summed E-state index contributed by atoms with van der Waals surface area (Å²) in [4.78, 5) is 17.1. The van der Waals surface area contributed by atoms with E-state index in [4.69, 9.17) is 4.52 Å². The summed E-state index contributed by atoms with van der Waals surface area (Å²) in [5.41, 5.74) is 5.04. The van der Waals surface area contributed by atoms with Crippen molar-refractivity contribution in [2.24, 2.45) is 0 Å². The van der Waals surface area contributed by atoms with E-state index in [0.717, 1.165) is 24.5 Å². The van der Waals surface area contributed by atoms with Crippen LogP contribution in [-0.2, 0) is 10.2 Å². The molecule has 3 aromatic rings. The average molecular weight is 384 g/mol. The first-order valence-electron chi connectivity index (χ1n) is 9.00. The number of benzene rings is 2. The van der Waals surface area contributed by atoms with Gasteiger partial charge in [-0.05, 0) is 18.9 Å². The lowest BCUT2D eigenvalue weighted by molar-refractivity contribution is -0.126. The van der Waals surface area contributed by atoms with Gasteiger partial charge in [0.05, 0.1) is 5.41 Å². The van der Waals surface area contributed by atoms with Gasteiger partial charge in [0.15, 0.2) is 0 Å². The molecular weight excluding hydrogens is 366 g/mol. The number of rotatable bonds is 5. The van der Waals surface area contributed by atoms with Crippen molar-refractivity contribution in [1.82, 2.24) is 15.6 Å². The van der Waals surface area contributed by atoms with E-state index in [1.54, 1.807) is 0 Å². The first-order chi connectivity index (χ1) is 13.6. The molecule has 1 fully saturated rings. The fourth-order valence-electron chi connectivity index (χ4n) is 3.68. The highest BCUT2D eigenvalue weighted by Crippen LogP contribution is 2.42. The second kappa shape index (κ2) is 7.38. The Hall–Kier alpha value is -3.29. The smallest absolute Gasteiger partial charge is 0.313 e. The molecule has 1 amide bonds. The molecule has 0 unspecified atom stereocenters. The Morgan fingerprint density at radius 1 is 1.07 bits per heavy atom. The van der Waals surface area contributed by atoms with Gasteiger partial charge in [-0.1, -0.05) is 54.4 Å². The van der Waals surface area contributed by atoms with Crippen molar-refractivity contribution in [2.75, 3.05) is 5.43 Å². The van der Waals surface area contributed by atoms with Crippen LogP contribution in [-0.4, -0.2) is 16.0 Å². The van der Waals surface area contributed by atoms with Crippen molar-refractivity contribution in [3.63, 3.8) is 0 Å². The van der Waals surface area contributed by atoms with E-state index in [1.165, 1.54) is 12.1 Å². The molecule has 0 spiro atoms. The Morgan fingerprint density at radius 3 is 2.54 bits per heavy atom. The summed E-state index contributed by atoms with van der Waals surface area (Å²) in [7, 11) is 0. The molecule has 28 heavy (non-hydrogen) atoms. The van der Waals surface area contributed by atoms with Crippen LogP contribution in [0, 0.1) is 11.6 Å². The van der Waals surface area contributed by atoms with Gasteiger partial charge in [-0.3, -0.25) is 10.2 Å². The highest BCUT2D eigenvalue weighted by molar-refractivity contribution is 5.89. The molecule has 1 aromatic heterocycles. The number of nitrogens with one attached hydrogen (secondary N) is 2. The van der Waals surface area contributed by atoms with Crippen LogP contribution >= 0.6 is 0 Å². The van der Waals surface area contributed by atoms with E-state index in [0.29, 0.717) is 18.7 Å². The Labute approximate surface area is 159 Å². The molecule has 0 radical (unpaired) electrons. The summed E-state index contributed by atoms with van der Waals surface area (Å²) in [5.74, 6) is -1.44. The van der Waals surface area contributed by atoms with Gasteiger partial charge >= 0.3 is 6.01 Å². The fraction of sp³-hybridized carbons (Fsp3) is 0.250. The zero-order valence-corrected chi connectivity index (χ0v) is 14.9. The molecule has 1 saturated carbocycles. The molecule has 2 N–H and O–H groups in total. The second-order valence-electron chi connectivity index (χ2n) is 6.78. The molecule has 8 heteroatoms. The maximum Gasteiger partial charge on any atom is 0.340 e. The lowest BCUT2D eigenvalue weighted by Crippen LogP contribution is -2.45. The third-order valence-electron chi connectivity index (χ3n) is 5.08. The van der Waals surface area contributed by atoms with Gasteiger partial charge in [0.25, 0.3) is 0 Å². The zero-order chi connectivity index (χ0) is 19.6. The van der Waals surface area contributed by atoms with Crippen LogP contribution in [0.3, 0.4) is 0 Å². The highest BCUT2D eigenvalue weighted by Gasteiger charge is 2.44. The summed E-state index contributed by atoms with van der Waals surface area (Å²) >= 11 is 0. The average Bonchev–Trinajstić information content (AvgIpc) is 3.37. The third-order valence-corrected chi connectivity index (χ3v) is 5.08. The maximum atomic E-state index is 14.4. The quantitative estimate of drug-likeness (QED) is 0.651. The third kappa shape index (κ3) is 3.33. The SMILES string of the molecule is O=C(NNc1nc(-c2ccccc2)no1)C1(c2ccc(F)cc2F)CCCC1. The summed E-state index contributed by atoms with van der Waals surface area (Å²) < 4.78 is 32.8. The van der Waals surface area contributed by atoms with Crippen LogP contribution < -0.4 is 10.9 Å². The Balaban J connectivity index is 1.51. The van der Waals surface area contributed by atoms with Crippen molar-refractivity contribution >= 4 is 11.9 Å². The number of anilines is 1. The van der Waals surface area contributed by atoms with Gasteiger partial charge in [0.2, 0.25) is 11.7 Å². The van der Waals surface area contributed by atoms with Gasteiger partial charge in [-0.15, -0.1) is 0 Å². The van der Waals surface area contributed by atoms with E-state index >= 15 is 0 Å². The number of carbonyl (C=O) groups excluding carboxylic acids is 1. The molecule has 0 saturated heterocycles. The predicted octanol–water partition coefficient (Wildman–Crippen LogP) is 3.97. The van der Waals surface area contributed by atoms with E-state index < -0.39 is 23.0 Å². The van der Waals surface area contributed by atoms with Crippen LogP contribution in [0.25, 0.3) is 11.4 Å². The minimum absolute atomic E-state index is 0.0138. The molecule has 4 rings (SSSR count). The molecule has 2 aromatic carbocycles. The normalized spacial score (nSPS) is 15.4. The first-order valence-corrected chi connectivity index (χ1v) is 9.00. The van der Waals surface area contributed by atoms with Crippen LogP contribution in [0.4, 0.5) is 14.8 Å². The number of nitrogens with zero attached hydrogens (tertiary/aromatic N) is 2. The van der Waals surface area contributed by atoms with E-state index in [-0.39, 0.29) is 11.6 Å². The minimum atomic E-state index is -1.06. The fourth-order valence-corrected chi connectivity index (χ4v) is 3.68. The standard InChI is InChI=1S/C20H18F2N4O2/c21-14-8-9-15(16(22)12-14)20(10-4-5-11-20)18(27)24-25-19-23-17(26-28-19)13-6-2-1-3-7-13/h1-3,6-9,12H,4-5,10-11H2,(H,24,27)(H,23,25,26). The van der Waals surface area contributed by atoms with Gasteiger partial charge in [-0.2, -0.15) is 4.98 Å². The van der Waals surface area contributed by atoms with E-state index in [1.807, 2.05) is 30.3 Å². The monoisotopic (exact) mass is 384 g/mol. The molecule has 144 valence electrons. The van der Waals surface area contributed by atoms with E-state index in [2.05, 4.69) is 21.0 Å². The number of hydrogen-bond donors (Lipinski definition) is 2. The number of aromatic nitrogens is 2. The summed E-state index contributed by atoms with van der Waals surface area (Å²) in [6.45, 7) is 0. The number of halogens is 2. The lowest BCUT2D eigenvalue weighted by Gasteiger charge is -2.28. The lowest BCUT2D eigenvalue weighted by atomic mass is 9.78. The van der Waals surface area contributed by atoms with Crippen LogP contribution in [0.2, 0.25) is 0 Å². The maximum absolute atomic E-state index is 14.4. The number of hydrogen-bond acceptors (Lipinski definition) is 5. The molecule has 1 aliphatic rings. The minimum Gasteiger partial charge on any atom is -0.313 e. The van der Waals surface area contributed by atoms with Crippen molar-refractivity contribution in [2.45, 2.75) is 31.1 Å².